The summed E-state index contributed by atoms with van der Waals surface area (Å²) in [5.41, 5.74) is 1.38. The van der Waals surface area contributed by atoms with Gasteiger partial charge in [0.2, 0.25) is 5.91 Å². The quantitative estimate of drug-likeness (QED) is 0.743. The minimum absolute atomic E-state index is 0.0127. The Morgan fingerprint density at radius 2 is 2.15 bits per heavy atom. The van der Waals surface area contributed by atoms with Crippen LogP contribution in [0, 0.1) is 6.92 Å². The number of amides is 1. The van der Waals surface area contributed by atoms with Crippen molar-refractivity contribution in [2.24, 2.45) is 0 Å². The monoisotopic (exact) mass is 372 g/mol. The lowest BCUT2D eigenvalue weighted by molar-refractivity contribution is -0.122. The summed E-state index contributed by atoms with van der Waals surface area (Å²) in [7, 11) is 1.59. The average molecular weight is 372 g/mol. The summed E-state index contributed by atoms with van der Waals surface area (Å²) in [6, 6.07) is 7.42. The maximum atomic E-state index is 12.7. The van der Waals surface area contributed by atoms with Gasteiger partial charge >= 0.3 is 0 Å². The first-order valence-corrected chi connectivity index (χ1v) is 9.02. The Labute approximate surface area is 154 Å². The van der Waals surface area contributed by atoms with Crippen LogP contribution in [0.4, 0.5) is 0 Å². The van der Waals surface area contributed by atoms with Crippen molar-refractivity contribution in [3.63, 3.8) is 0 Å². The van der Waals surface area contributed by atoms with Gasteiger partial charge in [0, 0.05) is 11.6 Å². The zero-order valence-electron chi connectivity index (χ0n) is 15.1. The molecule has 2 aromatic heterocycles. The number of nitrogens with one attached hydrogen (secondary N) is 1. The van der Waals surface area contributed by atoms with Crippen LogP contribution in [0.1, 0.15) is 18.9 Å². The third-order valence-corrected chi connectivity index (χ3v) is 4.67. The van der Waals surface area contributed by atoms with Gasteiger partial charge in [-0.2, -0.15) is 5.10 Å². The molecule has 7 nitrogen and oxygen atoms in total. The van der Waals surface area contributed by atoms with E-state index in [0.29, 0.717) is 21.7 Å². The Morgan fingerprint density at radius 3 is 2.85 bits per heavy atom. The van der Waals surface area contributed by atoms with Gasteiger partial charge in [-0.1, -0.05) is 12.1 Å². The van der Waals surface area contributed by atoms with Gasteiger partial charge in [0.25, 0.3) is 5.56 Å². The van der Waals surface area contributed by atoms with E-state index in [2.05, 4.69) is 15.4 Å². The Hall–Kier alpha value is -2.74. The highest BCUT2D eigenvalue weighted by molar-refractivity contribution is 7.19. The molecule has 3 aromatic rings. The fraction of sp³-hybridized carbons (Fsp3) is 0.333. The number of carbonyl (C=O) groups is 1. The molecule has 0 atom stereocenters. The number of thiazole rings is 1. The second kappa shape index (κ2) is 7.25. The summed E-state index contributed by atoms with van der Waals surface area (Å²) >= 11 is 1.41. The first-order valence-electron chi connectivity index (χ1n) is 8.21. The standard InChI is InChI=1S/C18H20N4O3S/c1-10(2)19-14(23)9-22-18(24)16-17(26-11(3)20-16)15(21-22)12-6-5-7-13(8-12)25-4/h5-8,10H,9H2,1-4H3,(H,19,23). The van der Waals surface area contributed by atoms with Gasteiger partial charge in [-0.05, 0) is 32.9 Å². The summed E-state index contributed by atoms with van der Waals surface area (Å²) in [6.45, 7) is 5.42. The summed E-state index contributed by atoms with van der Waals surface area (Å²) in [6.07, 6.45) is 0. The number of rotatable bonds is 5. The Bertz CT molecular complexity index is 1020. The minimum atomic E-state index is -0.366. The molecule has 0 unspecified atom stereocenters. The van der Waals surface area contributed by atoms with Crippen molar-refractivity contribution >= 4 is 27.5 Å². The van der Waals surface area contributed by atoms with Crippen LogP contribution in [0.15, 0.2) is 29.1 Å². The largest absolute Gasteiger partial charge is 0.497 e. The minimum Gasteiger partial charge on any atom is -0.497 e. The van der Waals surface area contributed by atoms with Gasteiger partial charge in [0.05, 0.1) is 16.8 Å². The predicted molar refractivity (Wildman–Crippen MR) is 102 cm³/mol. The highest BCUT2D eigenvalue weighted by Crippen LogP contribution is 2.31. The van der Waals surface area contributed by atoms with Gasteiger partial charge in [-0.25, -0.2) is 9.67 Å². The van der Waals surface area contributed by atoms with E-state index in [1.807, 2.05) is 45.0 Å². The molecule has 0 radical (unpaired) electrons. The van der Waals surface area contributed by atoms with Crippen molar-refractivity contribution in [3.8, 4) is 17.0 Å². The maximum Gasteiger partial charge on any atom is 0.294 e. The maximum absolute atomic E-state index is 12.7. The van der Waals surface area contributed by atoms with Crippen LogP contribution in [-0.2, 0) is 11.3 Å². The summed E-state index contributed by atoms with van der Waals surface area (Å²) in [5, 5.41) is 8.01. The average Bonchev–Trinajstić information content (AvgIpc) is 2.98. The molecular weight excluding hydrogens is 352 g/mol. The van der Waals surface area contributed by atoms with Gasteiger partial charge in [-0.15, -0.1) is 11.3 Å². The molecule has 0 spiro atoms. The fourth-order valence-corrected chi connectivity index (χ4v) is 3.55. The smallest absolute Gasteiger partial charge is 0.294 e. The second-order valence-electron chi connectivity index (χ2n) is 6.18. The first kappa shape index (κ1) is 18.1. The molecule has 1 amide bonds. The lowest BCUT2D eigenvalue weighted by Crippen LogP contribution is -2.37. The van der Waals surface area contributed by atoms with Crippen LogP contribution in [0.5, 0.6) is 5.75 Å². The molecule has 0 fully saturated rings. The molecule has 0 saturated carbocycles. The second-order valence-corrected chi connectivity index (χ2v) is 7.38. The molecule has 0 aliphatic carbocycles. The molecule has 26 heavy (non-hydrogen) atoms. The van der Waals surface area contributed by atoms with E-state index in [-0.39, 0.29) is 24.1 Å². The number of hydrogen-bond acceptors (Lipinski definition) is 6. The lowest BCUT2D eigenvalue weighted by atomic mass is 10.1. The highest BCUT2D eigenvalue weighted by atomic mass is 32.1. The molecule has 1 aromatic carbocycles. The van der Waals surface area contributed by atoms with Crippen LogP contribution in [0.2, 0.25) is 0 Å². The van der Waals surface area contributed by atoms with Crippen LogP contribution in [0.25, 0.3) is 21.5 Å². The number of fused-ring (bicyclic) bond motifs is 1. The number of methoxy groups -OCH3 is 1. The van der Waals surface area contributed by atoms with E-state index < -0.39 is 0 Å². The molecule has 0 saturated heterocycles. The van der Waals surface area contributed by atoms with Crippen LogP contribution < -0.4 is 15.6 Å². The van der Waals surface area contributed by atoms with Crippen molar-refractivity contribution in [1.82, 2.24) is 20.1 Å². The molecule has 3 rings (SSSR count). The van der Waals surface area contributed by atoms with Crippen molar-refractivity contribution in [1.29, 1.82) is 0 Å². The molecule has 1 N–H and O–H groups in total. The molecule has 8 heteroatoms. The SMILES string of the molecule is COc1cccc(-c2nn(CC(=O)NC(C)C)c(=O)c3nc(C)sc23)c1. The lowest BCUT2D eigenvalue weighted by Gasteiger charge is -2.11. The molecule has 2 heterocycles. The molecule has 0 aliphatic heterocycles. The van der Waals surface area contributed by atoms with E-state index in [1.54, 1.807) is 7.11 Å². The Balaban J connectivity index is 2.17. The van der Waals surface area contributed by atoms with Gasteiger partial charge < -0.3 is 10.1 Å². The molecular formula is C18H20N4O3S. The van der Waals surface area contributed by atoms with Crippen molar-refractivity contribution < 1.29 is 9.53 Å². The highest BCUT2D eigenvalue weighted by Gasteiger charge is 2.18. The van der Waals surface area contributed by atoms with E-state index in [0.717, 1.165) is 10.6 Å². The van der Waals surface area contributed by atoms with E-state index in [1.165, 1.54) is 16.0 Å². The number of carbonyl (C=O) groups excluding carboxylic acids is 1. The fourth-order valence-electron chi connectivity index (χ4n) is 2.64. The summed E-state index contributed by atoms with van der Waals surface area (Å²) in [5.74, 6) is 0.423. The zero-order chi connectivity index (χ0) is 18.8. The Morgan fingerprint density at radius 1 is 1.38 bits per heavy atom. The van der Waals surface area contributed by atoms with Crippen molar-refractivity contribution in [2.45, 2.75) is 33.4 Å². The van der Waals surface area contributed by atoms with Crippen molar-refractivity contribution in [2.75, 3.05) is 7.11 Å². The van der Waals surface area contributed by atoms with Gasteiger partial charge in [0.1, 0.15) is 18.0 Å². The number of ether oxygens (including phenoxy) is 1. The Kier molecular flexibility index (Phi) is 5.03. The van der Waals surface area contributed by atoms with Crippen molar-refractivity contribution in [3.05, 3.63) is 39.6 Å². The molecule has 0 bridgehead atoms. The van der Waals surface area contributed by atoms with Crippen LogP contribution >= 0.6 is 11.3 Å². The molecule has 0 aliphatic rings. The number of aromatic nitrogens is 3. The molecule has 136 valence electrons. The zero-order valence-corrected chi connectivity index (χ0v) is 15.9. The number of hydrogen-bond donors (Lipinski definition) is 1. The van der Waals surface area contributed by atoms with E-state index >= 15 is 0 Å². The third kappa shape index (κ3) is 3.60. The third-order valence-electron chi connectivity index (χ3n) is 3.69. The normalized spacial score (nSPS) is 11.1. The number of nitrogens with zero attached hydrogens (tertiary/aromatic N) is 3. The summed E-state index contributed by atoms with van der Waals surface area (Å²) < 4.78 is 7.17. The van der Waals surface area contributed by atoms with Gasteiger partial charge in [0.15, 0.2) is 5.52 Å². The van der Waals surface area contributed by atoms with E-state index in [9.17, 15) is 9.59 Å². The number of aryl methyl sites for hydroxylation is 1. The number of benzene rings is 1. The first-order chi connectivity index (χ1) is 12.4. The van der Waals surface area contributed by atoms with Gasteiger partial charge in [-0.3, -0.25) is 9.59 Å². The topological polar surface area (TPSA) is 86.1 Å². The summed E-state index contributed by atoms with van der Waals surface area (Å²) in [4.78, 5) is 29.2. The van der Waals surface area contributed by atoms with E-state index in [4.69, 9.17) is 4.74 Å². The van der Waals surface area contributed by atoms with Crippen LogP contribution in [0.3, 0.4) is 0 Å². The van der Waals surface area contributed by atoms with Crippen LogP contribution in [-0.4, -0.2) is 33.8 Å². The predicted octanol–water partition coefficient (Wildman–Crippen LogP) is 2.36.